The van der Waals surface area contributed by atoms with Crippen LogP contribution in [0.15, 0.2) is 55.1 Å². The van der Waals surface area contributed by atoms with Gasteiger partial charge in [0, 0.05) is 53.9 Å². The van der Waals surface area contributed by atoms with Crippen molar-refractivity contribution in [1.82, 2.24) is 14.5 Å². The van der Waals surface area contributed by atoms with Crippen molar-refractivity contribution in [3.8, 4) is 5.75 Å². The number of hydrogen-bond acceptors (Lipinski definition) is 8. The third-order valence-corrected chi connectivity index (χ3v) is 6.28. The summed E-state index contributed by atoms with van der Waals surface area (Å²) in [6.45, 7) is 5.75. The van der Waals surface area contributed by atoms with Gasteiger partial charge in [-0.25, -0.2) is 9.78 Å². The van der Waals surface area contributed by atoms with Crippen molar-refractivity contribution < 1.29 is 39.9 Å². The normalized spacial score (nSPS) is 11.1. The number of benzene rings is 1. The quantitative estimate of drug-likeness (QED) is 0.220. The van der Waals surface area contributed by atoms with Crippen molar-refractivity contribution in [2.45, 2.75) is 51.4 Å². The molecule has 3 rings (SSSR count). The molecular weight excluding hydrogens is 502 g/mol. The molecule has 12 heteroatoms. The molecule has 1 aromatic carbocycles. The van der Waals surface area contributed by atoms with E-state index in [-0.39, 0.29) is 0 Å². The zero-order chi connectivity index (χ0) is 27.4. The number of aromatic nitrogens is 2. The lowest BCUT2D eigenvalue weighted by molar-refractivity contribution is -0.170. The number of aliphatic carboxylic acids is 3. The summed E-state index contributed by atoms with van der Waals surface area (Å²) in [6.07, 6.45) is 4.43. The maximum Gasteiger partial charge on any atom is 0.336 e. The predicted molar refractivity (Wildman–Crippen MR) is 135 cm³/mol. The molecule has 0 saturated heterocycles. The SMILES string of the molecule is Cc1ccc(CN(CCCn2ccnc2)Cc2ccccc2O)s1.O=C(O)CC(O)(CC(=O)O)C(=O)O. The molecule has 0 radical (unpaired) electrons. The molecule has 11 nitrogen and oxygen atoms in total. The van der Waals surface area contributed by atoms with Gasteiger partial charge in [0.2, 0.25) is 0 Å². The summed E-state index contributed by atoms with van der Waals surface area (Å²) in [7, 11) is 0. The van der Waals surface area contributed by atoms with Gasteiger partial charge in [0.05, 0.1) is 19.2 Å². The van der Waals surface area contributed by atoms with Crippen molar-refractivity contribution >= 4 is 29.2 Å². The van der Waals surface area contributed by atoms with Crippen LogP contribution in [-0.4, -0.2) is 70.0 Å². The summed E-state index contributed by atoms with van der Waals surface area (Å²) in [6, 6.07) is 12.0. The lowest BCUT2D eigenvalue weighted by atomic mass is 9.96. The minimum atomic E-state index is -2.74. The molecule has 0 atom stereocenters. The minimum absolute atomic E-state index is 0.375. The number of hydrogen-bond donors (Lipinski definition) is 5. The third-order valence-electron chi connectivity index (χ3n) is 5.30. The molecule has 0 aliphatic heterocycles. The predicted octanol–water partition coefficient (Wildman–Crippen LogP) is 2.80. The average molecular weight is 534 g/mol. The summed E-state index contributed by atoms with van der Waals surface area (Å²) in [5.41, 5.74) is -1.76. The number of aryl methyl sites for hydroxylation is 2. The summed E-state index contributed by atoms with van der Waals surface area (Å²) < 4.78 is 2.10. The van der Waals surface area contributed by atoms with E-state index in [1.165, 1.54) is 9.75 Å². The fraction of sp³-hybridized carbons (Fsp3) is 0.360. The van der Waals surface area contributed by atoms with E-state index < -0.39 is 36.4 Å². The van der Waals surface area contributed by atoms with Crippen LogP contribution >= 0.6 is 11.3 Å². The number of phenols is 1. The fourth-order valence-corrected chi connectivity index (χ4v) is 4.43. The number of phenolic OH excluding ortho intramolecular Hbond substituents is 1. The van der Waals surface area contributed by atoms with Crippen LogP contribution in [0.3, 0.4) is 0 Å². The molecule has 2 heterocycles. The van der Waals surface area contributed by atoms with Gasteiger partial charge in [0.25, 0.3) is 0 Å². The molecule has 3 aromatic rings. The number of aromatic hydroxyl groups is 1. The molecular formula is C25H31N3O8S. The van der Waals surface area contributed by atoms with Gasteiger partial charge in [-0.2, -0.15) is 0 Å². The molecule has 2 aromatic heterocycles. The number of carbonyl (C=O) groups is 3. The lowest BCUT2D eigenvalue weighted by Gasteiger charge is -2.22. The van der Waals surface area contributed by atoms with E-state index in [2.05, 4.69) is 33.5 Å². The van der Waals surface area contributed by atoms with Crippen LogP contribution in [0.25, 0.3) is 0 Å². The molecule has 200 valence electrons. The molecule has 0 saturated carbocycles. The van der Waals surface area contributed by atoms with Crippen molar-refractivity contribution in [1.29, 1.82) is 0 Å². The minimum Gasteiger partial charge on any atom is -0.508 e. The Morgan fingerprint density at radius 2 is 1.70 bits per heavy atom. The van der Waals surface area contributed by atoms with E-state index in [0.29, 0.717) is 5.75 Å². The van der Waals surface area contributed by atoms with E-state index in [1.54, 1.807) is 6.07 Å². The van der Waals surface area contributed by atoms with Gasteiger partial charge in [-0.3, -0.25) is 14.5 Å². The first-order valence-corrected chi connectivity index (χ1v) is 12.2. The monoisotopic (exact) mass is 533 g/mol. The second-order valence-electron chi connectivity index (χ2n) is 8.48. The summed E-state index contributed by atoms with van der Waals surface area (Å²) in [4.78, 5) is 39.7. The van der Waals surface area contributed by atoms with Crippen LogP contribution < -0.4 is 0 Å². The maximum atomic E-state index is 10.3. The van der Waals surface area contributed by atoms with Crippen LogP contribution in [0.4, 0.5) is 0 Å². The summed E-state index contributed by atoms with van der Waals surface area (Å²) in [5.74, 6) is -4.64. The third kappa shape index (κ3) is 10.4. The highest BCUT2D eigenvalue weighted by atomic mass is 32.1. The zero-order valence-electron chi connectivity index (χ0n) is 20.4. The van der Waals surface area contributed by atoms with Gasteiger partial charge in [-0.15, -0.1) is 11.3 Å². The Hall–Kier alpha value is -3.74. The average Bonchev–Trinajstić information content (AvgIpc) is 3.46. The van der Waals surface area contributed by atoms with Crippen molar-refractivity contribution in [2.75, 3.05) is 6.54 Å². The van der Waals surface area contributed by atoms with Gasteiger partial charge >= 0.3 is 17.9 Å². The van der Waals surface area contributed by atoms with E-state index in [9.17, 15) is 19.5 Å². The topological polar surface area (TPSA) is 173 Å². The number of rotatable bonds is 13. The zero-order valence-corrected chi connectivity index (χ0v) is 21.2. The Bertz CT molecular complexity index is 1150. The number of thiophene rings is 1. The molecule has 37 heavy (non-hydrogen) atoms. The van der Waals surface area contributed by atoms with Crippen molar-refractivity contribution in [3.63, 3.8) is 0 Å². The Labute approximate surface area is 217 Å². The second-order valence-corrected chi connectivity index (χ2v) is 9.86. The van der Waals surface area contributed by atoms with Gasteiger partial charge < -0.3 is 30.1 Å². The van der Waals surface area contributed by atoms with Gasteiger partial charge in [-0.05, 0) is 31.5 Å². The molecule has 0 fully saturated rings. The van der Waals surface area contributed by atoms with Crippen LogP contribution in [0.1, 0.15) is 34.6 Å². The van der Waals surface area contributed by atoms with E-state index in [0.717, 1.165) is 38.2 Å². The molecule has 0 aliphatic carbocycles. The fourth-order valence-electron chi connectivity index (χ4n) is 3.50. The van der Waals surface area contributed by atoms with Gasteiger partial charge in [-0.1, -0.05) is 18.2 Å². The number of para-hydroxylation sites is 1. The Morgan fingerprint density at radius 3 is 2.22 bits per heavy atom. The molecule has 5 N–H and O–H groups in total. The number of carboxylic acids is 3. The van der Waals surface area contributed by atoms with Crippen LogP contribution in [-0.2, 0) is 34.0 Å². The molecule has 0 aliphatic rings. The molecule has 0 unspecified atom stereocenters. The number of carboxylic acid groups (broad SMARTS) is 3. The standard InChI is InChI=1S/C19H23N3OS.C6H8O7/c1-16-7-8-18(24-16)14-22(11-4-10-21-12-9-20-15-21)13-17-5-2-3-6-19(17)23;7-3(8)1-6(13,5(11)12)2-4(9)10/h2-3,5-9,12,15,23H,4,10-11,13-14H2,1H3;13H,1-2H2,(H,7,8)(H,9,10)(H,11,12). The second kappa shape index (κ2) is 14.1. The van der Waals surface area contributed by atoms with E-state index in [1.807, 2.05) is 48.3 Å². The van der Waals surface area contributed by atoms with E-state index in [4.69, 9.17) is 20.4 Å². The number of nitrogens with zero attached hydrogens (tertiary/aromatic N) is 3. The van der Waals surface area contributed by atoms with Crippen molar-refractivity contribution in [3.05, 3.63) is 70.4 Å². The number of imidazole rings is 1. The van der Waals surface area contributed by atoms with Crippen LogP contribution in [0.2, 0.25) is 0 Å². The highest BCUT2D eigenvalue weighted by Gasteiger charge is 2.40. The van der Waals surface area contributed by atoms with E-state index >= 15 is 0 Å². The van der Waals surface area contributed by atoms with Gasteiger partial charge in [0.15, 0.2) is 5.60 Å². The first kappa shape index (κ1) is 29.5. The van der Waals surface area contributed by atoms with Gasteiger partial charge in [0.1, 0.15) is 5.75 Å². The Morgan fingerprint density at radius 1 is 1.03 bits per heavy atom. The Balaban J connectivity index is 0.000000317. The van der Waals surface area contributed by atoms with Crippen LogP contribution in [0.5, 0.6) is 5.75 Å². The lowest BCUT2D eigenvalue weighted by Crippen LogP contribution is -2.42. The molecule has 0 amide bonds. The maximum absolute atomic E-state index is 10.3. The highest BCUT2D eigenvalue weighted by Crippen LogP contribution is 2.22. The number of aliphatic hydroxyl groups is 1. The first-order valence-electron chi connectivity index (χ1n) is 11.4. The smallest absolute Gasteiger partial charge is 0.336 e. The summed E-state index contributed by atoms with van der Waals surface area (Å²) >= 11 is 1.84. The largest absolute Gasteiger partial charge is 0.508 e. The van der Waals surface area contributed by atoms with Crippen molar-refractivity contribution in [2.24, 2.45) is 0 Å². The highest BCUT2D eigenvalue weighted by molar-refractivity contribution is 7.11. The Kier molecular flexibility index (Phi) is 11.2. The summed E-state index contributed by atoms with van der Waals surface area (Å²) in [5, 5.41) is 43.9. The molecule has 0 bridgehead atoms. The molecule has 0 spiro atoms. The van der Waals surface area contributed by atoms with Crippen LogP contribution in [0, 0.1) is 6.92 Å². The first-order chi connectivity index (χ1) is 17.5.